The predicted octanol–water partition coefficient (Wildman–Crippen LogP) is 0.0676. The van der Waals surface area contributed by atoms with E-state index in [2.05, 4.69) is 25.7 Å². The zero-order valence-corrected chi connectivity index (χ0v) is 11.3. The highest BCUT2D eigenvalue weighted by atomic mass is 32.3. The van der Waals surface area contributed by atoms with Crippen molar-refractivity contribution in [3.63, 3.8) is 0 Å². The van der Waals surface area contributed by atoms with Gasteiger partial charge in [-0.3, -0.25) is 9.11 Å². The van der Waals surface area contributed by atoms with Crippen LogP contribution in [0.25, 0.3) is 0 Å². The van der Waals surface area contributed by atoms with E-state index in [9.17, 15) is 16.8 Å². The third-order valence-corrected chi connectivity index (χ3v) is 4.02. The average Bonchev–Trinajstić information content (AvgIpc) is 2.01. The van der Waals surface area contributed by atoms with Crippen LogP contribution in [-0.4, -0.2) is 55.6 Å². The minimum atomic E-state index is -4.62. The minimum Gasteiger partial charge on any atom is -0.304 e. The van der Waals surface area contributed by atoms with E-state index >= 15 is 0 Å². The quantitative estimate of drug-likeness (QED) is 0.684. The molecule has 0 heterocycles. The Bertz CT molecular complexity index is 321. The van der Waals surface area contributed by atoms with E-state index < -0.39 is 25.3 Å². The van der Waals surface area contributed by atoms with Crippen molar-refractivity contribution < 1.29 is 25.9 Å². The van der Waals surface area contributed by atoms with Crippen LogP contribution in [0.2, 0.25) is 0 Å². The normalized spacial score (nSPS) is 12.1. The van der Waals surface area contributed by atoms with Gasteiger partial charge in [0.1, 0.15) is 0 Å². The van der Waals surface area contributed by atoms with Gasteiger partial charge in [0.25, 0.3) is 20.2 Å². The number of rotatable bonds is 5. The molecule has 2 N–H and O–H groups in total. The molecule has 0 bridgehead atoms. The fraction of sp³-hybridized carbons (Fsp3) is 1.00. The summed E-state index contributed by atoms with van der Waals surface area (Å²) >= 11 is 0. The zero-order valence-electron chi connectivity index (χ0n) is 9.62. The smallest absolute Gasteiger partial charge is 0.281 e. The lowest BCUT2D eigenvalue weighted by molar-refractivity contribution is 0.321. The molecule has 0 fully saturated rings. The number of hydrogen-bond donors (Lipinski definition) is 2. The molecule has 0 saturated carbocycles. The summed E-state index contributed by atoms with van der Waals surface area (Å²) < 4.78 is 54.2. The first kappa shape index (κ1) is 18.2. The largest absolute Gasteiger partial charge is 0.304 e. The third-order valence-electron chi connectivity index (χ3n) is 1.64. The Morgan fingerprint density at radius 1 is 0.812 bits per heavy atom. The van der Waals surface area contributed by atoms with E-state index in [4.69, 9.17) is 9.11 Å². The van der Waals surface area contributed by atoms with Crippen LogP contribution in [0, 0.1) is 0 Å². The zero-order chi connectivity index (χ0) is 13.4. The van der Waals surface area contributed by atoms with E-state index in [1.165, 1.54) is 19.6 Å². The van der Waals surface area contributed by atoms with Gasteiger partial charge in [0.05, 0.1) is 0 Å². The molecule has 0 aliphatic rings. The van der Waals surface area contributed by atoms with Gasteiger partial charge in [-0.15, -0.1) is 0 Å². The molecule has 0 aromatic heterocycles. The highest BCUT2D eigenvalue weighted by Gasteiger charge is 2.15. The molecule has 0 radical (unpaired) electrons. The average molecular weight is 277 g/mol. The van der Waals surface area contributed by atoms with Crippen LogP contribution >= 0.6 is 0 Å². The van der Waals surface area contributed by atoms with Gasteiger partial charge in [-0.1, -0.05) is 20.8 Å². The maximum atomic E-state index is 9.66. The molecule has 7 nitrogen and oxygen atoms in total. The third kappa shape index (κ3) is 16.2. The van der Waals surface area contributed by atoms with Crippen LogP contribution in [0.1, 0.15) is 20.8 Å². The molecule has 0 unspecified atom stereocenters. The number of nitrogens with zero attached hydrogens (tertiary/aromatic N) is 1. The van der Waals surface area contributed by atoms with Gasteiger partial charge in [0.2, 0.25) is 5.08 Å². The van der Waals surface area contributed by atoms with Gasteiger partial charge in [-0.25, -0.2) is 0 Å². The van der Waals surface area contributed by atoms with E-state index in [1.807, 2.05) is 0 Å². The Morgan fingerprint density at radius 3 is 1.06 bits per heavy atom. The van der Waals surface area contributed by atoms with Crippen LogP contribution < -0.4 is 0 Å². The summed E-state index contributed by atoms with van der Waals surface area (Å²) in [5.41, 5.74) is 0. The molecule has 0 spiro atoms. The molecule has 0 aromatic rings. The summed E-state index contributed by atoms with van der Waals surface area (Å²) in [6, 6.07) is 0. The Balaban J connectivity index is 0. The second kappa shape index (κ2) is 7.96. The van der Waals surface area contributed by atoms with Gasteiger partial charge in [0, 0.05) is 0 Å². The second-order valence-electron chi connectivity index (χ2n) is 2.90. The minimum absolute atomic E-state index is 1.19. The van der Waals surface area contributed by atoms with Crippen LogP contribution in [0.3, 0.4) is 0 Å². The first-order valence-corrected chi connectivity index (χ1v) is 7.90. The van der Waals surface area contributed by atoms with E-state index in [1.54, 1.807) is 0 Å². The molecule has 0 aliphatic carbocycles. The Kier molecular flexibility index (Phi) is 9.03. The molecule has 0 rings (SSSR count). The van der Waals surface area contributed by atoms with Crippen molar-refractivity contribution in [2.45, 2.75) is 20.8 Å². The van der Waals surface area contributed by atoms with Crippen molar-refractivity contribution in [2.24, 2.45) is 0 Å². The van der Waals surface area contributed by atoms with Gasteiger partial charge in [-0.2, -0.15) is 16.8 Å². The summed E-state index contributed by atoms with van der Waals surface area (Å²) in [6.45, 7) is 10.1. The second-order valence-corrected chi connectivity index (χ2v) is 6.17. The topological polar surface area (TPSA) is 112 Å². The van der Waals surface area contributed by atoms with Crippen LogP contribution in [-0.2, 0) is 20.2 Å². The molecule has 0 saturated heterocycles. The maximum Gasteiger partial charge on any atom is 0.281 e. The first-order chi connectivity index (χ1) is 7.05. The van der Waals surface area contributed by atoms with Crippen LogP contribution in [0.4, 0.5) is 0 Å². The molecule has 0 aliphatic heterocycles. The fourth-order valence-corrected chi connectivity index (χ4v) is 2.36. The standard InChI is InChI=1S/C6H15N.CH4O6S2/c1-4-7(5-2)6-3;2-8(3,4)1-9(5,6)7/h4-6H2,1-3H3;1H2,(H,2,3,4)(H,5,6,7). The summed E-state index contributed by atoms with van der Waals surface area (Å²) in [5, 5.41) is -1.65. The molecule has 0 atom stereocenters. The van der Waals surface area contributed by atoms with Crippen molar-refractivity contribution in [3.05, 3.63) is 0 Å². The highest BCUT2D eigenvalue weighted by Crippen LogP contribution is 1.88. The summed E-state index contributed by atoms with van der Waals surface area (Å²) in [6.07, 6.45) is 0. The Labute approximate surface area is 97.0 Å². The SMILES string of the molecule is CCN(CC)CC.O=S(=O)(O)CS(=O)(=O)O. The fourth-order valence-electron chi connectivity index (χ4n) is 0.859. The molecule has 100 valence electrons. The summed E-state index contributed by atoms with van der Waals surface area (Å²) in [7, 11) is -9.24. The van der Waals surface area contributed by atoms with Gasteiger partial charge in [0.15, 0.2) is 0 Å². The lowest BCUT2D eigenvalue weighted by Crippen LogP contribution is -2.21. The van der Waals surface area contributed by atoms with Gasteiger partial charge < -0.3 is 4.90 Å². The molecule has 0 amide bonds. The molecule has 0 aromatic carbocycles. The van der Waals surface area contributed by atoms with Crippen molar-refractivity contribution in [3.8, 4) is 0 Å². The van der Waals surface area contributed by atoms with E-state index in [0.717, 1.165) is 0 Å². The summed E-state index contributed by atoms with van der Waals surface area (Å²) in [4.78, 5) is 2.38. The van der Waals surface area contributed by atoms with Crippen molar-refractivity contribution >= 4 is 20.2 Å². The number of hydrogen-bond acceptors (Lipinski definition) is 5. The van der Waals surface area contributed by atoms with E-state index in [0.29, 0.717) is 0 Å². The molecular weight excluding hydrogens is 258 g/mol. The Hall–Kier alpha value is -0.220. The van der Waals surface area contributed by atoms with Gasteiger partial charge in [-0.05, 0) is 19.6 Å². The molecule has 9 heteroatoms. The van der Waals surface area contributed by atoms with Crippen LogP contribution in [0.5, 0.6) is 0 Å². The van der Waals surface area contributed by atoms with Crippen molar-refractivity contribution in [1.29, 1.82) is 0 Å². The van der Waals surface area contributed by atoms with Crippen LogP contribution in [0.15, 0.2) is 0 Å². The molecule has 16 heavy (non-hydrogen) atoms. The first-order valence-electron chi connectivity index (χ1n) is 4.68. The molecular formula is C7H19NO6S2. The Morgan fingerprint density at radius 2 is 1.06 bits per heavy atom. The lowest BCUT2D eigenvalue weighted by atomic mass is 10.5. The van der Waals surface area contributed by atoms with Crippen molar-refractivity contribution in [1.82, 2.24) is 4.90 Å². The predicted molar refractivity (Wildman–Crippen MR) is 61.4 cm³/mol. The monoisotopic (exact) mass is 277 g/mol. The van der Waals surface area contributed by atoms with E-state index in [-0.39, 0.29) is 0 Å². The highest BCUT2D eigenvalue weighted by molar-refractivity contribution is 8.02. The maximum absolute atomic E-state index is 9.66. The van der Waals surface area contributed by atoms with Crippen molar-refractivity contribution in [2.75, 3.05) is 24.7 Å². The lowest BCUT2D eigenvalue weighted by Gasteiger charge is -2.13. The van der Waals surface area contributed by atoms with Gasteiger partial charge >= 0.3 is 0 Å². The summed E-state index contributed by atoms with van der Waals surface area (Å²) in [5.74, 6) is 0.